The number of hydrogen-bond donors (Lipinski definition) is 0. The van der Waals surface area contributed by atoms with Crippen LogP contribution in [-0.2, 0) is 11.2 Å². The number of carbonyl (C=O) groups is 1. The average molecular weight is 347 g/mol. The number of piperazine rings is 1. The van der Waals surface area contributed by atoms with Crippen LogP contribution in [0, 0.1) is 5.82 Å². The third kappa shape index (κ3) is 3.93. The number of anilines is 1. The molecule has 0 saturated carbocycles. The summed E-state index contributed by atoms with van der Waals surface area (Å²) in [6.45, 7) is 7.19. The minimum atomic E-state index is -0.225. The van der Waals surface area contributed by atoms with Crippen molar-refractivity contribution in [3.8, 4) is 0 Å². The molecule has 3 rings (SSSR count). The molecule has 2 heterocycles. The van der Waals surface area contributed by atoms with E-state index in [4.69, 9.17) is 0 Å². The minimum Gasteiger partial charge on any atom is -0.368 e. The third-order valence-electron chi connectivity index (χ3n) is 4.27. The van der Waals surface area contributed by atoms with Crippen LogP contribution in [0.25, 0.3) is 0 Å². The van der Waals surface area contributed by atoms with Gasteiger partial charge in [-0.2, -0.15) is 0 Å². The molecule has 4 nitrogen and oxygen atoms in total. The summed E-state index contributed by atoms with van der Waals surface area (Å²) < 4.78 is 13.0. The number of nitrogens with zero attached hydrogens (tertiary/aromatic N) is 3. The lowest BCUT2D eigenvalue weighted by molar-refractivity contribution is -0.130. The number of carbonyl (C=O) groups excluding carboxylic acids is 1. The van der Waals surface area contributed by atoms with Gasteiger partial charge in [-0.15, -0.1) is 11.3 Å². The highest BCUT2D eigenvalue weighted by atomic mass is 32.1. The van der Waals surface area contributed by atoms with Gasteiger partial charge >= 0.3 is 0 Å². The maximum atomic E-state index is 13.0. The predicted molar refractivity (Wildman–Crippen MR) is 95.1 cm³/mol. The Morgan fingerprint density at radius 2 is 1.88 bits per heavy atom. The standard InChI is InChI=1S/C18H22FN3OS/c1-13(2)16-12-20-17(24-16)11-18(23)22-9-7-21(8-10-22)15-5-3-14(19)4-6-15/h3-6,12-13H,7-11H2,1-2H3. The third-order valence-corrected chi connectivity index (χ3v) is 5.56. The zero-order chi connectivity index (χ0) is 17.1. The largest absolute Gasteiger partial charge is 0.368 e. The summed E-state index contributed by atoms with van der Waals surface area (Å²) >= 11 is 1.63. The Labute approximate surface area is 145 Å². The molecular weight excluding hydrogens is 325 g/mol. The molecule has 6 heteroatoms. The summed E-state index contributed by atoms with van der Waals surface area (Å²) in [6.07, 6.45) is 2.26. The first kappa shape index (κ1) is 16.9. The molecule has 0 bridgehead atoms. The van der Waals surface area contributed by atoms with Gasteiger partial charge in [0.1, 0.15) is 10.8 Å². The average Bonchev–Trinajstić information content (AvgIpc) is 3.04. The number of rotatable bonds is 4. The van der Waals surface area contributed by atoms with Gasteiger partial charge in [0.15, 0.2) is 0 Å². The molecule has 0 atom stereocenters. The van der Waals surface area contributed by atoms with Crippen molar-refractivity contribution in [1.29, 1.82) is 0 Å². The van der Waals surface area contributed by atoms with Crippen molar-refractivity contribution < 1.29 is 9.18 Å². The van der Waals surface area contributed by atoms with Gasteiger partial charge in [0.2, 0.25) is 5.91 Å². The van der Waals surface area contributed by atoms with Crippen molar-refractivity contribution in [2.45, 2.75) is 26.2 Å². The van der Waals surface area contributed by atoms with Crippen molar-refractivity contribution in [2.24, 2.45) is 0 Å². The Hall–Kier alpha value is -1.95. The lowest BCUT2D eigenvalue weighted by atomic mass is 10.2. The fraction of sp³-hybridized carbons (Fsp3) is 0.444. The monoisotopic (exact) mass is 347 g/mol. The zero-order valence-corrected chi connectivity index (χ0v) is 14.9. The highest BCUT2D eigenvalue weighted by molar-refractivity contribution is 7.11. The first-order chi connectivity index (χ1) is 11.5. The minimum absolute atomic E-state index is 0.137. The maximum absolute atomic E-state index is 13.0. The van der Waals surface area contributed by atoms with Crippen LogP contribution in [0.3, 0.4) is 0 Å². The fourth-order valence-corrected chi connectivity index (χ4v) is 3.69. The molecule has 1 saturated heterocycles. The van der Waals surface area contributed by atoms with Crippen LogP contribution in [0.1, 0.15) is 29.7 Å². The first-order valence-electron chi connectivity index (χ1n) is 8.26. The van der Waals surface area contributed by atoms with Gasteiger partial charge in [0.05, 0.1) is 6.42 Å². The Morgan fingerprint density at radius 3 is 2.46 bits per heavy atom. The Kier molecular flexibility index (Phi) is 5.14. The second-order valence-corrected chi connectivity index (χ2v) is 7.48. The van der Waals surface area contributed by atoms with Crippen molar-refractivity contribution in [3.05, 3.63) is 46.2 Å². The Morgan fingerprint density at radius 1 is 1.21 bits per heavy atom. The van der Waals surface area contributed by atoms with Gasteiger partial charge < -0.3 is 9.80 Å². The topological polar surface area (TPSA) is 36.4 Å². The van der Waals surface area contributed by atoms with Crippen LogP contribution in [0.4, 0.5) is 10.1 Å². The lowest BCUT2D eigenvalue weighted by Gasteiger charge is -2.36. The predicted octanol–water partition coefficient (Wildman–Crippen LogP) is 3.30. The van der Waals surface area contributed by atoms with E-state index in [0.29, 0.717) is 25.4 Å². The van der Waals surface area contributed by atoms with E-state index in [0.717, 1.165) is 23.8 Å². The van der Waals surface area contributed by atoms with E-state index in [1.165, 1.54) is 17.0 Å². The highest BCUT2D eigenvalue weighted by Crippen LogP contribution is 2.23. The molecule has 0 unspecified atom stereocenters. The molecule has 1 fully saturated rings. The normalized spacial score (nSPS) is 15.2. The molecule has 0 spiro atoms. The molecule has 1 aromatic heterocycles. The molecule has 1 aliphatic rings. The van der Waals surface area contributed by atoms with Gasteiger partial charge in [0.25, 0.3) is 0 Å². The lowest BCUT2D eigenvalue weighted by Crippen LogP contribution is -2.49. The molecule has 128 valence electrons. The molecule has 0 aliphatic carbocycles. The maximum Gasteiger partial charge on any atom is 0.229 e. The quantitative estimate of drug-likeness (QED) is 0.851. The molecule has 0 N–H and O–H groups in total. The van der Waals surface area contributed by atoms with E-state index >= 15 is 0 Å². The van der Waals surface area contributed by atoms with Gasteiger partial charge in [-0.05, 0) is 30.2 Å². The van der Waals surface area contributed by atoms with E-state index in [1.807, 2.05) is 11.1 Å². The van der Waals surface area contributed by atoms with E-state index < -0.39 is 0 Å². The van der Waals surface area contributed by atoms with Crippen LogP contribution in [-0.4, -0.2) is 42.0 Å². The van der Waals surface area contributed by atoms with E-state index in [-0.39, 0.29) is 11.7 Å². The van der Waals surface area contributed by atoms with Crippen molar-refractivity contribution in [1.82, 2.24) is 9.88 Å². The molecule has 24 heavy (non-hydrogen) atoms. The molecule has 1 aliphatic heterocycles. The molecule has 2 aromatic rings. The number of benzene rings is 1. The van der Waals surface area contributed by atoms with Crippen LogP contribution in [0.5, 0.6) is 0 Å². The number of hydrogen-bond acceptors (Lipinski definition) is 4. The van der Waals surface area contributed by atoms with Gasteiger partial charge in [0, 0.05) is 42.9 Å². The molecular formula is C18H22FN3OS. The second kappa shape index (κ2) is 7.30. The SMILES string of the molecule is CC(C)c1cnc(CC(=O)N2CCN(c3ccc(F)cc3)CC2)s1. The Bertz CT molecular complexity index is 691. The van der Waals surface area contributed by atoms with Crippen molar-refractivity contribution >= 4 is 22.9 Å². The van der Waals surface area contributed by atoms with E-state index in [1.54, 1.807) is 23.5 Å². The van der Waals surface area contributed by atoms with Gasteiger partial charge in [-0.25, -0.2) is 9.37 Å². The summed E-state index contributed by atoms with van der Waals surface area (Å²) in [5.41, 5.74) is 1.00. The number of amides is 1. The van der Waals surface area contributed by atoms with Crippen LogP contribution < -0.4 is 4.90 Å². The summed E-state index contributed by atoms with van der Waals surface area (Å²) in [5, 5.41) is 0.893. The van der Waals surface area contributed by atoms with Crippen LogP contribution in [0.2, 0.25) is 0 Å². The highest BCUT2D eigenvalue weighted by Gasteiger charge is 2.22. The van der Waals surface area contributed by atoms with Crippen molar-refractivity contribution in [3.63, 3.8) is 0 Å². The van der Waals surface area contributed by atoms with E-state index in [2.05, 4.69) is 23.7 Å². The summed E-state index contributed by atoms with van der Waals surface area (Å²) in [7, 11) is 0. The summed E-state index contributed by atoms with van der Waals surface area (Å²) in [6, 6.07) is 6.52. The number of aromatic nitrogens is 1. The molecule has 1 amide bonds. The summed E-state index contributed by atoms with van der Waals surface area (Å²) in [5.74, 6) is 0.362. The first-order valence-corrected chi connectivity index (χ1v) is 9.07. The van der Waals surface area contributed by atoms with Gasteiger partial charge in [-0.1, -0.05) is 13.8 Å². The van der Waals surface area contributed by atoms with Crippen molar-refractivity contribution in [2.75, 3.05) is 31.1 Å². The molecule has 0 radical (unpaired) electrons. The number of halogens is 1. The summed E-state index contributed by atoms with van der Waals surface area (Å²) in [4.78, 5) is 22.1. The van der Waals surface area contributed by atoms with Crippen LogP contribution in [0.15, 0.2) is 30.5 Å². The Balaban J connectivity index is 1.53. The van der Waals surface area contributed by atoms with E-state index in [9.17, 15) is 9.18 Å². The zero-order valence-electron chi connectivity index (χ0n) is 14.0. The fourth-order valence-electron chi connectivity index (χ4n) is 2.78. The van der Waals surface area contributed by atoms with Gasteiger partial charge in [-0.3, -0.25) is 4.79 Å². The number of thiazole rings is 1. The second-order valence-electron chi connectivity index (χ2n) is 6.33. The van der Waals surface area contributed by atoms with Crippen LogP contribution >= 0.6 is 11.3 Å². The smallest absolute Gasteiger partial charge is 0.229 e. The molecule has 1 aromatic carbocycles.